The monoisotopic (exact) mass is 391 g/mol. The lowest BCUT2D eigenvalue weighted by Crippen LogP contribution is -1.83. The molecule has 3 heteroatoms. The fraction of sp³-hybridized carbons (Fsp3) is 0.0385. The molecule has 0 fully saturated rings. The molecule has 0 atom stereocenters. The van der Waals surface area contributed by atoms with E-state index < -0.39 is 0 Å². The molecule has 0 amide bonds. The van der Waals surface area contributed by atoms with Crippen molar-refractivity contribution < 1.29 is 4.42 Å². The van der Waals surface area contributed by atoms with E-state index in [2.05, 4.69) is 85.8 Å². The van der Waals surface area contributed by atoms with Crippen molar-refractivity contribution in [3.63, 3.8) is 0 Å². The van der Waals surface area contributed by atoms with Gasteiger partial charge in [0.25, 0.3) is 0 Å². The lowest BCUT2D eigenvalue weighted by atomic mass is 9.96. The van der Waals surface area contributed by atoms with E-state index in [-0.39, 0.29) is 0 Å². The lowest BCUT2D eigenvalue weighted by Gasteiger charge is -2.08. The van der Waals surface area contributed by atoms with E-state index in [0.29, 0.717) is 5.89 Å². The number of aryl methyl sites for hydroxylation is 1. The molecule has 0 radical (unpaired) electrons. The molecule has 0 spiro atoms. The molecule has 2 aromatic heterocycles. The lowest BCUT2D eigenvalue weighted by molar-refractivity contribution is 0.625. The summed E-state index contributed by atoms with van der Waals surface area (Å²) in [6, 6.07) is 29.8. The summed E-state index contributed by atoms with van der Waals surface area (Å²) in [6.07, 6.45) is 0. The molecule has 0 aliphatic heterocycles. The number of thiophene rings is 1. The highest BCUT2D eigenvalue weighted by atomic mass is 32.1. The Morgan fingerprint density at radius 1 is 0.690 bits per heavy atom. The molecule has 0 unspecified atom stereocenters. The van der Waals surface area contributed by atoms with Crippen molar-refractivity contribution in [1.29, 1.82) is 0 Å². The van der Waals surface area contributed by atoms with Crippen LogP contribution in [0, 0.1) is 6.92 Å². The van der Waals surface area contributed by atoms with Crippen molar-refractivity contribution in [3.8, 4) is 21.9 Å². The van der Waals surface area contributed by atoms with Gasteiger partial charge >= 0.3 is 0 Å². The second-order valence-corrected chi connectivity index (χ2v) is 8.57. The Morgan fingerprint density at radius 3 is 2.28 bits per heavy atom. The molecule has 29 heavy (non-hydrogen) atoms. The highest BCUT2D eigenvalue weighted by Gasteiger charge is 2.17. The Balaban J connectivity index is 1.70. The first-order chi connectivity index (χ1) is 14.3. The van der Waals surface area contributed by atoms with Gasteiger partial charge in [-0.1, -0.05) is 60.7 Å². The van der Waals surface area contributed by atoms with Crippen LogP contribution in [0.25, 0.3) is 54.5 Å². The summed E-state index contributed by atoms with van der Waals surface area (Å²) < 4.78 is 6.33. The minimum atomic E-state index is 0.697. The maximum absolute atomic E-state index is 6.33. The number of nitrogens with zero attached hydrogens (tertiary/aromatic N) is 1. The van der Waals surface area contributed by atoms with Crippen LogP contribution in [0.2, 0.25) is 0 Å². The summed E-state index contributed by atoms with van der Waals surface area (Å²) in [7, 11) is 0. The van der Waals surface area contributed by atoms with Gasteiger partial charge in [0.15, 0.2) is 5.58 Å². The third-order valence-corrected chi connectivity index (χ3v) is 6.41. The van der Waals surface area contributed by atoms with Crippen molar-refractivity contribution >= 4 is 44.0 Å². The van der Waals surface area contributed by atoms with Crippen LogP contribution >= 0.6 is 11.3 Å². The molecule has 0 saturated heterocycles. The summed E-state index contributed by atoms with van der Waals surface area (Å²) in [5, 5.41) is 4.63. The van der Waals surface area contributed by atoms with Gasteiger partial charge in [-0.2, -0.15) is 0 Å². The van der Waals surface area contributed by atoms with Crippen molar-refractivity contribution in [2.24, 2.45) is 0 Å². The molecule has 0 aliphatic carbocycles. The third kappa shape index (κ3) is 2.59. The molecule has 2 heterocycles. The summed E-state index contributed by atoms with van der Waals surface area (Å²) >= 11 is 1.71. The van der Waals surface area contributed by atoms with E-state index >= 15 is 0 Å². The normalized spacial score (nSPS) is 11.6. The Labute approximate surface area is 172 Å². The molecule has 4 aromatic carbocycles. The molecular formula is C26H17NOS. The van der Waals surface area contributed by atoms with Crippen LogP contribution in [0.4, 0.5) is 0 Å². The minimum absolute atomic E-state index is 0.697. The highest BCUT2D eigenvalue weighted by molar-refractivity contribution is 7.15. The van der Waals surface area contributed by atoms with E-state index in [1.54, 1.807) is 11.3 Å². The quantitative estimate of drug-likeness (QED) is 0.281. The molecular weight excluding hydrogens is 374 g/mol. The zero-order valence-corrected chi connectivity index (χ0v) is 16.7. The number of oxazole rings is 1. The maximum Gasteiger partial charge on any atom is 0.237 e. The van der Waals surface area contributed by atoms with Crippen LogP contribution in [-0.2, 0) is 0 Å². The van der Waals surface area contributed by atoms with Gasteiger partial charge in [-0.3, -0.25) is 0 Å². The standard InChI is InChI=1S/C26H17NOS/c1-16-11-14-23(29-16)26-27-24-20-10-6-5-9-19(20)22-15-18(17-7-3-2-4-8-17)12-13-21(22)25(24)28-26/h2-15H,1H3. The fourth-order valence-corrected chi connectivity index (χ4v) is 4.83. The first kappa shape index (κ1) is 16.5. The van der Waals surface area contributed by atoms with E-state index in [9.17, 15) is 0 Å². The van der Waals surface area contributed by atoms with E-state index in [4.69, 9.17) is 9.40 Å². The Bertz CT molecular complexity index is 1510. The van der Waals surface area contributed by atoms with Gasteiger partial charge in [-0.25, -0.2) is 4.98 Å². The molecule has 0 saturated carbocycles. The molecule has 0 bridgehead atoms. The predicted molar refractivity (Wildman–Crippen MR) is 123 cm³/mol. The molecule has 2 nitrogen and oxygen atoms in total. The third-order valence-electron chi connectivity index (χ3n) is 5.42. The van der Waals surface area contributed by atoms with Crippen molar-refractivity contribution in [2.45, 2.75) is 6.92 Å². The van der Waals surface area contributed by atoms with E-state index in [0.717, 1.165) is 26.7 Å². The molecule has 6 rings (SSSR count). The second-order valence-electron chi connectivity index (χ2n) is 7.28. The van der Waals surface area contributed by atoms with Crippen LogP contribution in [0.15, 0.2) is 89.3 Å². The van der Waals surface area contributed by atoms with Crippen LogP contribution in [0.3, 0.4) is 0 Å². The second kappa shape index (κ2) is 6.29. The number of rotatable bonds is 2. The zero-order valence-electron chi connectivity index (χ0n) is 15.8. The smallest absolute Gasteiger partial charge is 0.237 e. The van der Waals surface area contributed by atoms with Gasteiger partial charge in [0.05, 0.1) is 4.88 Å². The topological polar surface area (TPSA) is 26.0 Å². The average molecular weight is 391 g/mol. The number of benzene rings is 4. The number of hydrogen-bond donors (Lipinski definition) is 0. The fourth-order valence-electron chi connectivity index (χ4n) is 4.04. The Hall–Kier alpha value is -3.43. The van der Waals surface area contributed by atoms with Gasteiger partial charge < -0.3 is 4.42 Å². The molecule has 0 N–H and O–H groups in total. The predicted octanol–water partition coefficient (Wildman–Crippen LogP) is 7.84. The van der Waals surface area contributed by atoms with Gasteiger partial charge in [-0.05, 0) is 53.1 Å². The van der Waals surface area contributed by atoms with Gasteiger partial charge in [-0.15, -0.1) is 11.3 Å². The van der Waals surface area contributed by atoms with Crippen molar-refractivity contribution in [2.75, 3.05) is 0 Å². The van der Waals surface area contributed by atoms with Crippen LogP contribution in [0.5, 0.6) is 0 Å². The van der Waals surface area contributed by atoms with Gasteiger partial charge in [0, 0.05) is 15.6 Å². The molecule has 138 valence electrons. The summed E-state index contributed by atoms with van der Waals surface area (Å²) in [4.78, 5) is 7.22. The first-order valence-corrected chi connectivity index (χ1v) is 10.5. The first-order valence-electron chi connectivity index (χ1n) is 9.65. The van der Waals surface area contributed by atoms with E-state index in [1.807, 2.05) is 6.07 Å². The van der Waals surface area contributed by atoms with Crippen LogP contribution < -0.4 is 0 Å². The van der Waals surface area contributed by atoms with E-state index in [1.165, 1.54) is 26.8 Å². The van der Waals surface area contributed by atoms with Gasteiger partial charge in [0.2, 0.25) is 5.89 Å². The van der Waals surface area contributed by atoms with Gasteiger partial charge in [0.1, 0.15) is 5.52 Å². The molecule has 6 aromatic rings. The van der Waals surface area contributed by atoms with Crippen molar-refractivity contribution in [1.82, 2.24) is 4.98 Å². The average Bonchev–Trinajstić information content (AvgIpc) is 3.41. The zero-order chi connectivity index (χ0) is 19.4. The minimum Gasteiger partial charge on any atom is -0.435 e. The number of aromatic nitrogens is 1. The van der Waals surface area contributed by atoms with Crippen LogP contribution in [-0.4, -0.2) is 4.98 Å². The SMILES string of the molecule is Cc1ccc(-c2nc3c4ccccc4c4cc(-c5ccccc5)ccc4c3o2)s1. The Kier molecular flexibility index (Phi) is 3.58. The largest absolute Gasteiger partial charge is 0.435 e. The summed E-state index contributed by atoms with van der Waals surface area (Å²) in [5.74, 6) is 0.697. The maximum atomic E-state index is 6.33. The number of fused-ring (bicyclic) bond motifs is 6. The summed E-state index contributed by atoms with van der Waals surface area (Å²) in [6.45, 7) is 2.10. The van der Waals surface area contributed by atoms with Crippen LogP contribution in [0.1, 0.15) is 4.88 Å². The summed E-state index contributed by atoms with van der Waals surface area (Å²) in [5.41, 5.74) is 4.21. The van der Waals surface area contributed by atoms with Crippen molar-refractivity contribution in [3.05, 3.63) is 89.8 Å². The Morgan fingerprint density at radius 2 is 1.48 bits per heavy atom. The highest BCUT2D eigenvalue weighted by Crippen LogP contribution is 2.39. The number of hydrogen-bond acceptors (Lipinski definition) is 3. The molecule has 0 aliphatic rings.